The molecule has 1 aromatic heterocycles. The fraction of sp³-hybridized carbons (Fsp3) is 0.318. The van der Waals surface area contributed by atoms with Crippen molar-refractivity contribution >= 4 is 33.5 Å². The Bertz CT molecular complexity index is 959. The Kier molecular flexibility index (Phi) is 9.39. The zero-order valence-corrected chi connectivity index (χ0v) is 18.1. The molecule has 31 heavy (non-hydrogen) atoms. The van der Waals surface area contributed by atoms with Crippen molar-refractivity contribution in [3.05, 3.63) is 59.1 Å². The lowest BCUT2D eigenvalue weighted by Gasteiger charge is -2.16. The molecule has 0 aliphatic heterocycles. The van der Waals surface area contributed by atoms with Crippen LogP contribution in [0.1, 0.15) is 30.3 Å². The molecule has 0 aliphatic rings. The number of para-hydroxylation sites is 2. The summed E-state index contributed by atoms with van der Waals surface area (Å²) in [6.07, 6.45) is -0.561. The van der Waals surface area contributed by atoms with E-state index < -0.39 is 18.0 Å². The number of ether oxygens (including phenoxy) is 1. The van der Waals surface area contributed by atoms with Crippen molar-refractivity contribution in [2.24, 2.45) is 0 Å². The standard InChI is InChI=1S/C20H24N2O2S.C2H2O4/c1-14(2)16-7-3-5-9-18(16)24-13-15(23)11-21-12-20-22-17-8-4-6-10-19(17)25-20;3-1(4)2(5)6/h3-10,14-15,21,23H,11-13H2,1-2H3;(H,3,4)(H,5,6). The molecule has 3 rings (SSSR count). The zero-order valence-electron chi connectivity index (χ0n) is 17.3. The molecule has 1 unspecified atom stereocenters. The van der Waals surface area contributed by atoms with Gasteiger partial charge < -0.3 is 25.4 Å². The fourth-order valence-corrected chi connectivity index (χ4v) is 3.61. The minimum absolute atomic E-state index is 0.274. The maximum absolute atomic E-state index is 10.2. The highest BCUT2D eigenvalue weighted by atomic mass is 32.1. The molecule has 0 saturated carbocycles. The van der Waals surface area contributed by atoms with Crippen LogP contribution < -0.4 is 10.1 Å². The van der Waals surface area contributed by atoms with Crippen molar-refractivity contribution < 1.29 is 29.6 Å². The Morgan fingerprint density at radius 1 is 1.06 bits per heavy atom. The maximum Gasteiger partial charge on any atom is 0.414 e. The van der Waals surface area contributed by atoms with Crippen molar-refractivity contribution in [2.75, 3.05) is 13.2 Å². The minimum atomic E-state index is -1.82. The van der Waals surface area contributed by atoms with Crippen LogP contribution >= 0.6 is 11.3 Å². The van der Waals surface area contributed by atoms with Gasteiger partial charge in [0.05, 0.1) is 10.2 Å². The summed E-state index contributed by atoms with van der Waals surface area (Å²) >= 11 is 1.68. The predicted molar refractivity (Wildman–Crippen MR) is 119 cm³/mol. The number of aliphatic carboxylic acids is 2. The van der Waals surface area contributed by atoms with Crippen LogP contribution in [0.15, 0.2) is 48.5 Å². The van der Waals surface area contributed by atoms with E-state index in [1.807, 2.05) is 36.4 Å². The summed E-state index contributed by atoms with van der Waals surface area (Å²) in [5.74, 6) is -2.40. The largest absolute Gasteiger partial charge is 0.491 e. The van der Waals surface area contributed by atoms with Gasteiger partial charge >= 0.3 is 11.9 Å². The minimum Gasteiger partial charge on any atom is -0.491 e. The molecular formula is C22H26N2O6S. The van der Waals surface area contributed by atoms with Gasteiger partial charge in [0.15, 0.2) is 0 Å². The summed E-state index contributed by atoms with van der Waals surface area (Å²) in [4.78, 5) is 22.8. The van der Waals surface area contributed by atoms with Crippen LogP contribution in [0.4, 0.5) is 0 Å². The first-order valence-electron chi connectivity index (χ1n) is 9.69. The van der Waals surface area contributed by atoms with Crippen molar-refractivity contribution in [1.29, 1.82) is 0 Å². The number of aromatic nitrogens is 1. The van der Waals surface area contributed by atoms with Crippen molar-refractivity contribution in [3.8, 4) is 5.75 Å². The van der Waals surface area contributed by atoms with Crippen molar-refractivity contribution in [2.45, 2.75) is 32.4 Å². The molecule has 0 aliphatic carbocycles. The number of rotatable bonds is 8. The number of carbonyl (C=O) groups is 2. The molecule has 0 amide bonds. The Hall–Kier alpha value is -3.01. The first kappa shape index (κ1) is 24.3. The molecule has 3 aromatic rings. The summed E-state index contributed by atoms with van der Waals surface area (Å²) in [5, 5.41) is 29.2. The number of carboxylic acid groups (broad SMARTS) is 2. The Balaban J connectivity index is 0.000000501. The van der Waals surface area contributed by atoms with Gasteiger partial charge in [0.25, 0.3) is 0 Å². The van der Waals surface area contributed by atoms with Crippen LogP contribution in [-0.2, 0) is 16.1 Å². The average molecular weight is 447 g/mol. The lowest BCUT2D eigenvalue weighted by atomic mass is 10.0. The number of fused-ring (bicyclic) bond motifs is 1. The fourth-order valence-electron chi connectivity index (χ4n) is 2.68. The number of aliphatic hydroxyl groups is 1. The molecule has 1 atom stereocenters. The van der Waals surface area contributed by atoms with Gasteiger partial charge in [0.1, 0.15) is 23.5 Å². The van der Waals surface area contributed by atoms with E-state index in [1.165, 1.54) is 4.70 Å². The number of hydrogen-bond donors (Lipinski definition) is 4. The van der Waals surface area contributed by atoms with E-state index in [1.54, 1.807) is 11.3 Å². The molecule has 0 bridgehead atoms. The highest BCUT2D eigenvalue weighted by molar-refractivity contribution is 7.18. The molecule has 0 radical (unpaired) electrons. The van der Waals surface area contributed by atoms with Gasteiger partial charge in [-0.15, -0.1) is 11.3 Å². The second-order valence-electron chi connectivity index (χ2n) is 6.97. The van der Waals surface area contributed by atoms with E-state index in [9.17, 15) is 5.11 Å². The number of hydrogen-bond acceptors (Lipinski definition) is 7. The van der Waals surface area contributed by atoms with Crippen LogP contribution in [0.2, 0.25) is 0 Å². The molecule has 0 saturated heterocycles. The quantitative estimate of drug-likeness (QED) is 0.389. The third-order valence-electron chi connectivity index (χ3n) is 4.15. The smallest absolute Gasteiger partial charge is 0.414 e. The van der Waals surface area contributed by atoms with Gasteiger partial charge in [-0.1, -0.05) is 44.2 Å². The van der Waals surface area contributed by atoms with Crippen LogP contribution in [0.5, 0.6) is 5.75 Å². The van der Waals surface area contributed by atoms with Gasteiger partial charge in [-0.25, -0.2) is 14.6 Å². The number of nitrogens with one attached hydrogen (secondary N) is 1. The van der Waals surface area contributed by atoms with Gasteiger partial charge in [-0.2, -0.15) is 0 Å². The monoisotopic (exact) mass is 446 g/mol. The summed E-state index contributed by atoms with van der Waals surface area (Å²) in [5.41, 5.74) is 2.19. The van der Waals surface area contributed by atoms with Crippen LogP contribution in [0.3, 0.4) is 0 Å². The molecule has 9 heteroatoms. The molecule has 166 valence electrons. The second-order valence-corrected chi connectivity index (χ2v) is 8.09. The predicted octanol–water partition coefficient (Wildman–Crippen LogP) is 3.10. The van der Waals surface area contributed by atoms with Gasteiger partial charge in [0, 0.05) is 13.1 Å². The van der Waals surface area contributed by atoms with E-state index in [0.29, 0.717) is 19.0 Å². The molecule has 0 spiro atoms. The van der Waals surface area contributed by atoms with E-state index in [-0.39, 0.29) is 6.61 Å². The van der Waals surface area contributed by atoms with Gasteiger partial charge in [-0.3, -0.25) is 0 Å². The maximum atomic E-state index is 10.2. The van der Waals surface area contributed by atoms with Crippen molar-refractivity contribution in [3.63, 3.8) is 0 Å². The van der Waals surface area contributed by atoms with Crippen LogP contribution in [0, 0.1) is 0 Å². The molecule has 0 fully saturated rings. The average Bonchev–Trinajstić information content (AvgIpc) is 3.15. The number of benzene rings is 2. The number of nitrogens with zero attached hydrogens (tertiary/aromatic N) is 1. The number of thiazole rings is 1. The Morgan fingerprint density at radius 3 is 2.35 bits per heavy atom. The van der Waals surface area contributed by atoms with Crippen molar-refractivity contribution in [1.82, 2.24) is 10.3 Å². The SMILES string of the molecule is CC(C)c1ccccc1OCC(O)CNCc1nc2ccccc2s1.O=C(O)C(=O)O. The summed E-state index contributed by atoms with van der Waals surface area (Å²) in [7, 11) is 0. The van der Waals surface area contributed by atoms with E-state index in [0.717, 1.165) is 21.8 Å². The lowest BCUT2D eigenvalue weighted by molar-refractivity contribution is -0.159. The number of aliphatic hydroxyl groups excluding tert-OH is 1. The number of carboxylic acids is 2. The van der Waals surface area contributed by atoms with Crippen LogP contribution in [-0.4, -0.2) is 51.5 Å². The second kappa shape index (κ2) is 12.0. The highest BCUT2D eigenvalue weighted by Gasteiger charge is 2.10. The Morgan fingerprint density at radius 2 is 1.71 bits per heavy atom. The first-order valence-corrected chi connectivity index (χ1v) is 10.5. The third kappa shape index (κ3) is 7.97. The summed E-state index contributed by atoms with van der Waals surface area (Å²) < 4.78 is 7.00. The highest BCUT2D eigenvalue weighted by Crippen LogP contribution is 2.26. The summed E-state index contributed by atoms with van der Waals surface area (Å²) in [6, 6.07) is 16.1. The lowest BCUT2D eigenvalue weighted by Crippen LogP contribution is -2.31. The van der Waals surface area contributed by atoms with Crippen LogP contribution in [0.25, 0.3) is 10.2 Å². The molecule has 8 nitrogen and oxygen atoms in total. The molecule has 2 aromatic carbocycles. The summed E-state index contributed by atoms with van der Waals surface area (Å²) in [6.45, 7) is 5.67. The normalized spacial score (nSPS) is 11.6. The molecule has 1 heterocycles. The van der Waals surface area contributed by atoms with E-state index >= 15 is 0 Å². The zero-order chi connectivity index (χ0) is 22.8. The van der Waals surface area contributed by atoms with Gasteiger partial charge in [-0.05, 0) is 29.7 Å². The van der Waals surface area contributed by atoms with E-state index in [4.69, 9.17) is 24.5 Å². The molecule has 4 N–H and O–H groups in total. The van der Waals surface area contributed by atoms with Gasteiger partial charge in [0.2, 0.25) is 0 Å². The molecular weight excluding hydrogens is 420 g/mol. The third-order valence-corrected chi connectivity index (χ3v) is 5.19. The van der Waals surface area contributed by atoms with E-state index in [2.05, 4.69) is 36.3 Å². The first-order chi connectivity index (χ1) is 14.8. The topological polar surface area (TPSA) is 129 Å². The Labute approximate surface area is 184 Å².